The fourth-order valence-corrected chi connectivity index (χ4v) is 3.24. The zero-order chi connectivity index (χ0) is 19.8. The van der Waals surface area contributed by atoms with Gasteiger partial charge in [0.1, 0.15) is 12.4 Å². The standard InChI is InChI=1S/C22H30BNO3/c1-15-13-20(25-14-17-10-8-9-11-19(17)24-7)16(2)12-18(15)23-26-21(3,4)22(5,6)27-23/h8-13,24H,14H2,1-7H3. The summed E-state index contributed by atoms with van der Waals surface area (Å²) in [7, 11) is 1.57. The maximum atomic E-state index is 6.21. The molecule has 0 radical (unpaired) electrons. The Bertz CT molecular complexity index is 816. The summed E-state index contributed by atoms with van der Waals surface area (Å²) in [5, 5.41) is 3.21. The smallest absolute Gasteiger partial charge is 0.489 e. The van der Waals surface area contributed by atoms with Crippen molar-refractivity contribution in [1.29, 1.82) is 0 Å². The second kappa shape index (κ2) is 7.21. The van der Waals surface area contributed by atoms with Crippen LogP contribution in [0.2, 0.25) is 0 Å². The predicted octanol–water partition coefficient (Wildman–Crippen LogP) is 4.22. The highest BCUT2D eigenvalue weighted by atomic mass is 16.7. The molecule has 2 aromatic rings. The van der Waals surface area contributed by atoms with Crippen LogP contribution in [-0.4, -0.2) is 25.4 Å². The number of ether oxygens (including phenoxy) is 1. The van der Waals surface area contributed by atoms with Gasteiger partial charge in [-0.15, -0.1) is 0 Å². The molecule has 1 saturated heterocycles. The van der Waals surface area contributed by atoms with E-state index in [4.69, 9.17) is 14.0 Å². The predicted molar refractivity (Wildman–Crippen MR) is 112 cm³/mol. The zero-order valence-electron chi connectivity index (χ0n) is 17.5. The number of aryl methyl sites for hydroxylation is 2. The summed E-state index contributed by atoms with van der Waals surface area (Å²) in [5.74, 6) is 0.888. The Morgan fingerprint density at radius 1 is 0.963 bits per heavy atom. The molecule has 27 heavy (non-hydrogen) atoms. The molecule has 144 valence electrons. The molecule has 1 N–H and O–H groups in total. The molecule has 1 heterocycles. The maximum absolute atomic E-state index is 6.21. The van der Waals surface area contributed by atoms with E-state index in [9.17, 15) is 0 Å². The Balaban J connectivity index is 1.80. The van der Waals surface area contributed by atoms with Gasteiger partial charge >= 0.3 is 7.12 Å². The molecule has 0 spiro atoms. The minimum Gasteiger partial charge on any atom is -0.489 e. The highest BCUT2D eigenvalue weighted by Crippen LogP contribution is 2.37. The number of nitrogens with one attached hydrogen (secondary N) is 1. The van der Waals surface area contributed by atoms with Crippen LogP contribution in [0.3, 0.4) is 0 Å². The first-order valence-electron chi connectivity index (χ1n) is 9.50. The normalized spacial score (nSPS) is 17.8. The van der Waals surface area contributed by atoms with Crippen molar-refractivity contribution in [1.82, 2.24) is 0 Å². The molecule has 0 saturated carbocycles. The number of para-hydroxylation sites is 1. The average Bonchev–Trinajstić information content (AvgIpc) is 2.83. The molecule has 0 atom stereocenters. The minimum absolute atomic E-state index is 0.343. The van der Waals surface area contributed by atoms with Gasteiger partial charge in [-0.05, 0) is 70.3 Å². The number of rotatable bonds is 5. The van der Waals surface area contributed by atoms with Gasteiger partial charge < -0.3 is 19.4 Å². The first-order valence-corrected chi connectivity index (χ1v) is 9.50. The van der Waals surface area contributed by atoms with E-state index in [-0.39, 0.29) is 18.3 Å². The van der Waals surface area contributed by atoms with Crippen molar-refractivity contribution in [2.45, 2.75) is 59.4 Å². The van der Waals surface area contributed by atoms with Gasteiger partial charge in [0.05, 0.1) is 11.2 Å². The van der Waals surface area contributed by atoms with Gasteiger partial charge in [-0.25, -0.2) is 0 Å². The van der Waals surface area contributed by atoms with Gasteiger partial charge in [-0.1, -0.05) is 24.3 Å². The van der Waals surface area contributed by atoms with Crippen molar-refractivity contribution >= 4 is 18.3 Å². The maximum Gasteiger partial charge on any atom is 0.495 e. The lowest BCUT2D eigenvalue weighted by Crippen LogP contribution is -2.41. The Morgan fingerprint density at radius 2 is 1.59 bits per heavy atom. The van der Waals surface area contributed by atoms with E-state index in [1.807, 2.05) is 19.2 Å². The van der Waals surface area contributed by atoms with Gasteiger partial charge in [0.25, 0.3) is 0 Å². The van der Waals surface area contributed by atoms with Crippen LogP contribution in [0, 0.1) is 13.8 Å². The molecule has 0 amide bonds. The molecule has 1 aliphatic heterocycles. The summed E-state index contributed by atoms with van der Waals surface area (Å²) in [6.07, 6.45) is 0. The second-order valence-corrected chi connectivity index (χ2v) is 8.26. The summed E-state index contributed by atoms with van der Waals surface area (Å²) < 4.78 is 18.6. The molecule has 0 bridgehead atoms. The lowest BCUT2D eigenvalue weighted by Gasteiger charge is -2.32. The van der Waals surface area contributed by atoms with Gasteiger partial charge in [0.2, 0.25) is 0 Å². The molecule has 0 aromatic heterocycles. The minimum atomic E-state index is -0.354. The molecule has 2 aromatic carbocycles. The quantitative estimate of drug-likeness (QED) is 0.804. The van der Waals surface area contributed by atoms with Crippen molar-refractivity contribution in [2.24, 2.45) is 0 Å². The van der Waals surface area contributed by atoms with Gasteiger partial charge in [-0.3, -0.25) is 0 Å². The molecule has 1 aliphatic rings. The van der Waals surface area contributed by atoms with Crippen molar-refractivity contribution in [3.05, 3.63) is 53.1 Å². The van der Waals surface area contributed by atoms with Crippen LogP contribution in [0.4, 0.5) is 5.69 Å². The topological polar surface area (TPSA) is 39.7 Å². The van der Waals surface area contributed by atoms with Crippen LogP contribution in [0.5, 0.6) is 5.75 Å². The van der Waals surface area contributed by atoms with Crippen molar-refractivity contribution in [2.75, 3.05) is 12.4 Å². The van der Waals surface area contributed by atoms with E-state index in [0.29, 0.717) is 6.61 Å². The second-order valence-electron chi connectivity index (χ2n) is 8.26. The van der Waals surface area contributed by atoms with Crippen LogP contribution in [0.15, 0.2) is 36.4 Å². The third kappa shape index (κ3) is 3.85. The van der Waals surface area contributed by atoms with Crippen molar-refractivity contribution in [3.8, 4) is 5.75 Å². The summed E-state index contributed by atoms with van der Waals surface area (Å²) in [5.41, 5.74) is 4.78. The third-order valence-corrected chi connectivity index (χ3v) is 5.74. The highest BCUT2D eigenvalue weighted by molar-refractivity contribution is 6.62. The summed E-state index contributed by atoms with van der Waals surface area (Å²) in [6, 6.07) is 12.4. The molecule has 1 fully saturated rings. The Kier molecular flexibility index (Phi) is 5.28. The number of benzene rings is 2. The van der Waals surface area contributed by atoms with E-state index in [0.717, 1.165) is 33.6 Å². The van der Waals surface area contributed by atoms with Crippen LogP contribution >= 0.6 is 0 Å². The van der Waals surface area contributed by atoms with Gasteiger partial charge in [0.15, 0.2) is 0 Å². The SMILES string of the molecule is CNc1ccccc1COc1cc(C)c(B2OC(C)(C)C(C)(C)O2)cc1C. The largest absolute Gasteiger partial charge is 0.495 e. The van der Waals surface area contributed by atoms with E-state index < -0.39 is 0 Å². The Hall–Kier alpha value is -1.98. The van der Waals surface area contributed by atoms with E-state index >= 15 is 0 Å². The first kappa shape index (κ1) is 19.8. The summed E-state index contributed by atoms with van der Waals surface area (Å²) >= 11 is 0. The van der Waals surface area contributed by atoms with E-state index in [1.165, 1.54) is 0 Å². The lowest BCUT2D eigenvalue weighted by atomic mass is 9.75. The molecule has 5 heteroatoms. The fourth-order valence-electron chi connectivity index (χ4n) is 3.24. The number of hydrogen-bond donors (Lipinski definition) is 1. The number of anilines is 1. The molecule has 3 rings (SSSR count). The highest BCUT2D eigenvalue weighted by Gasteiger charge is 2.52. The van der Waals surface area contributed by atoms with Crippen LogP contribution in [0.25, 0.3) is 0 Å². The van der Waals surface area contributed by atoms with Crippen LogP contribution in [0.1, 0.15) is 44.4 Å². The molecule has 0 aliphatic carbocycles. The van der Waals surface area contributed by atoms with Crippen LogP contribution < -0.4 is 15.5 Å². The Labute approximate surface area is 163 Å². The average molecular weight is 367 g/mol. The molecule has 4 nitrogen and oxygen atoms in total. The van der Waals surface area contributed by atoms with Crippen LogP contribution in [-0.2, 0) is 15.9 Å². The molecule has 0 unspecified atom stereocenters. The number of hydrogen-bond acceptors (Lipinski definition) is 4. The lowest BCUT2D eigenvalue weighted by molar-refractivity contribution is 0.00578. The fraction of sp³-hybridized carbons (Fsp3) is 0.455. The van der Waals surface area contributed by atoms with E-state index in [2.05, 4.69) is 71.1 Å². The van der Waals surface area contributed by atoms with Gasteiger partial charge in [-0.2, -0.15) is 0 Å². The monoisotopic (exact) mass is 367 g/mol. The first-order chi connectivity index (χ1) is 12.6. The summed E-state index contributed by atoms with van der Waals surface area (Å²) in [4.78, 5) is 0. The third-order valence-electron chi connectivity index (χ3n) is 5.74. The van der Waals surface area contributed by atoms with Crippen molar-refractivity contribution in [3.63, 3.8) is 0 Å². The summed E-state index contributed by atoms with van der Waals surface area (Å²) in [6.45, 7) is 13.0. The molecular weight excluding hydrogens is 337 g/mol. The zero-order valence-corrected chi connectivity index (χ0v) is 17.5. The van der Waals surface area contributed by atoms with Crippen molar-refractivity contribution < 1.29 is 14.0 Å². The Morgan fingerprint density at radius 3 is 2.22 bits per heavy atom. The van der Waals surface area contributed by atoms with Gasteiger partial charge in [0, 0.05) is 18.3 Å². The molecular formula is C22H30BNO3. The van der Waals surface area contributed by atoms with E-state index in [1.54, 1.807) is 0 Å².